The van der Waals surface area contributed by atoms with E-state index < -0.39 is 17.8 Å². The fourth-order valence-corrected chi connectivity index (χ4v) is 1.87. The average molecular weight is 314 g/mol. The number of aryl methyl sites for hydroxylation is 2. The summed E-state index contributed by atoms with van der Waals surface area (Å²) in [6.07, 6.45) is -3.20. The van der Waals surface area contributed by atoms with Gasteiger partial charge in [-0.2, -0.15) is 18.3 Å². The number of rotatable bonds is 3. The van der Waals surface area contributed by atoms with Gasteiger partial charge in [0.05, 0.1) is 5.69 Å². The van der Waals surface area contributed by atoms with Crippen LogP contribution < -0.4 is 10.9 Å². The molecule has 0 atom stereocenters. The molecule has 2 heterocycles. The topological polar surface area (TPSA) is 68.9 Å². The smallest absolute Gasteiger partial charge is 0.319 e. The molecular weight excluding hydrogens is 301 g/mol. The second-order valence-electron chi connectivity index (χ2n) is 4.53. The van der Waals surface area contributed by atoms with Crippen LogP contribution in [0.1, 0.15) is 23.1 Å². The van der Waals surface area contributed by atoms with Crippen molar-refractivity contribution >= 4 is 11.6 Å². The largest absolute Gasteiger partial charge is 0.435 e. The molecule has 0 spiro atoms. The third-order valence-electron chi connectivity index (χ3n) is 2.98. The van der Waals surface area contributed by atoms with Crippen molar-refractivity contribution in [3.63, 3.8) is 0 Å². The molecule has 0 saturated carbocycles. The summed E-state index contributed by atoms with van der Waals surface area (Å²) in [6, 6.07) is 3.32. The number of hydrogen-bond donors (Lipinski definition) is 1. The Morgan fingerprint density at radius 2 is 2.05 bits per heavy atom. The van der Waals surface area contributed by atoms with E-state index in [1.807, 2.05) is 0 Å². The molecule has 0 bridgehead atoms. The summed E-state index contributed by atoms with van der Waals surface area (Å²) >= 11 is 0. The van der Waals surface area contributed by atoms with Gasteiger partial charge in [-0.15, -0.1) is 0 Å². The number of nitrogens with zero attached hydrogens (tertiary/aromatic N) is 3. The number of aromatic nitrogens is 3. The normalized spacial score (nSPS) is 11.5. The van der Waals surface area contributed by atoms with Crippen molar-refractivity contribution in [2.24, 2.45) is 7.05 Å². The predicted molar refractivity (Wildman–Crippen MR) is 72.5 cm³/mol. The third-order valence-corrected chi connectivity index (χ3v) is 2.98. The Morgan fingerprint density at radius 1 is 1.36 bits per heavy atom. The van der Waals surface area contributed by atoms with Crippen LogP contribution in [0.3, 0.4) is 0 Å². The van der Waals surface area contributed by atoms with Crippen LogP contribution in [-0.4, -0.2) is 20.3 Å². The van der Waals surface area contributed by atoms with E-state index in [-0.39, 0.29) is 11.3 Å². The van der Waals surface area contributed by atoms with Crippen LogP contribution in [-0.2, 0) is 19.8 Å². The molecule has 2 aromatic rings. The number of carbonyl (C=O) groups is 1. The number of pyridine rings is 1. The van der Waals surface area contributed by atoms with Crippen molar-refractivity contribution in [3.8, 4) is 0 Å². The lowest BCUT2D eigenvalue weighted by Crippen LogP contribution is -2.20. The SMILES string of the molecule is CCn1cc(NC(=O)c2cc(C(F)(F)F)nn2C)ccc1=O. The Kier molecular flexibility index (Phi) is 4.07. The average Bonchev–Trinajstić information content (AvgIpc) is 2.83. The fraction of sp³-hybridized carbons (Fsp3) is 0.308. The highest BCUT2D eigenvalue weighted by Gasteiger charge is 2.35. The van der Waals surface area contributed by atoms with Crippen molar-refractivity contribution < 1.29 is 18.0 Å². The summed E-state index contributed by atoms with van der Waals surface area (Å²) in [6.45, 7) is 2.16. The molecule has 6 nitrogen and oxygen atoms in total. The van der Waals surface area contributed by atoms with Crippen molar-refractivity contribution in [2.45, 2.75) is 19.6 Å². The van der Waals surface area contributed by atoms with Crippen molar-refractivity contribution in [2.75, 3.05) is 5.32 Å². The zero-order valence-corrected chi connectivity index (χ0v) is 11.8. The highest BCUT2D eigenvalue weighted by atomic mass is 19.4. The maximum atomic E-state index is 12.6. The highest BCUT2D eigenvalue weighted by Crippen LogP contribution is 2.28. The van der Waals surface area contributed by atoms with Crippen molar-refractivity contribution in [1.82, 2.24) is 14.3 Å². The van der Waals surface area contributed by atoms with Crippen LogP contribution in [0.15, 0.2) is 29.2 Å². The number of amides is 1. The molecule has 0 unspecified atom stereocenters. The van der Waals surface area contributed by atoms with E-state index in [0.29, 0.717) is 18.3 Å². The van der Waals surface area contributed by atoms with Crippen LogP contribution >= 0.6 is 0 Å². The van der Waals surface area contributed by atoms with Crippen LogP contribution in [0.2, 0.25) is 0 Å². The second-order valence-corrected chi connectivity index (χ2v) is 4.53. The lowest BCUT2D eigenvalue weighted by molar-refractivity contribution is -0.141. The van der Waals surface area contributed by atoms with Gasteiger partial charge in [-0.1, -0.05) is 0 Å². The Labute approximate surface area is 123 Å². The Hall–Kier alpha value is -2.58. The first kappa shape index (κ1) is 15.8. The Balaban J connectivity index is 2.26. The maximum Gasteiger partial charge on any atom is 0.435 e. The van der Waals surface area contributed by atoms with Crippen LogP contribution in [0.25, 0.3) is 0 Å². The number of alkyl halides is 3. The quantitative estimate of drug-likeness (QED) is 0.940. The van der Waals surface area contributed by atoms with Crippen LogP contribution in [0.5, 0.6) is 0 Å². The van der Waals surface area contributed by atoms with Gasteiger partial charge in [0.2, 0.25) is 0 Å². The lowest BCUT2D eigenvalue weighted by atomic mass is 10.3. The molecule has 2 rings (SSSR count). The van der Waals surface area contributed by atoms with Crippen LogP contribution in [0, 0.1) is 0 Å². The summed E-state index contributed by atoms with van der Waals surface area (Å²) in [7, 11) is 1.25. The van der Waals surface area contributed by atoms with Gasteiger partial charge in [0.25, 0.3) is 11.5 Å². The number of carbonyl (C=O) groups excluding carboxylic acids is 1. The molecule has 0 saturated heterocycles. The number of nitrogens with one attached hydrogen (secondary N) is 1. The minimum absolute atomic E-state index is 0.235. The fourth-order valence-electron chi connectivity index (χ4n) is 1.87. The van der Waals surface area contributed by atoms with Gasteiger partial charge in [-0.25, -0.2) is 0 Å². The molecule has 0 aliphatic rings. The van der Waals surface area contributed by atoms with E-state index in [2.05, 4.69) is 10.4 Å². The van der Waals surface area contributed by atoms with E-state index >= 15 is 0 Å². The zero-order chi connectivity index (χ0) is 16.5. The molecule has 0 aliphatic carbocycles. The first-order valence-electron chi connectivity index (χ1n) is 6.35. The molecule has 0 radical (unpaired) electrons. The van der Waals surface area contributed by atoms with Gasteiger partial charge in [0.15, 0.2) is 5.69 Å². The Morgan fingerprint density at radius 3 is 2.59 bits per heavy atom. The summed E-state index contributed by atoms with van der Waals surface area (Å²) in [5, 5.41) is 5.71. The van der Waals surface area contributed by atoms with Gasteiger partial charge in [0.1, 0.15) is 5.69 Å². The molecule has 22 heavy (non-hydrogen) atoms. The first-order valence-corrected chi connectivity index (χ1v) is 6.35. The van der Waals surface area contributed by atoms with Gasteiger partial charge in [-0.05, 0) is 13.0 Å². The minimum atomic E-state index is -4.62. The summed E-state index contributed by atoms with van der Waals surface area (Å²) in [5.41, 5.74) is -1.30. The number of halogens is 3. The third kappa shape index (κ3) is 3.18. The van der Waals surface area contributed by atoms with Gasteiger partial charge >= 0.3 is 6.18 Å². The summed E-state index contributed by atoms with van der Waals surface area (Å²) < 4.78 is 39.9. The van der Waals surface area contributed by atoms with Crippen molar-refractivity contribution in [1.29, 1.82) is 0 Å². The first-order chi connectivity index (χ1) is 10.2. The number of anilines is 1. The predicted octanol–water partition coefficient (Wildman–Crippen LogP) is 1.87. The van der Waals surface area contributed by atoms with Gasteiger partial charge in [0, 0.05) is 31.9 Å². The summed E-state index contributed by atoms with van der Waals surface area (Å²) in [4.78, 5) is 23.5. The molecule has 9 heteroatoms. The van der Waals surface area contributed by atoms with Crippen LogP contribution in [0.4, 0.5) is 18.9 Å². The van der Waals surface area contributed by atoms with Gasteiger partial charge in [-0.3, -0.25) is 14.3 Å². The molecule has 1 N–H and O–H groups in total. The monoisotopic (exact) mass is 314 g/mol. The molecule has 1 amide bonds. The Bertz CT molecular complexity index is 761. The van der Waals surface area contributed by atoms with E-state index in [1.165, 1.54) is 29.9 Å². The zero-order valence-electron chi connectivity index (χ0n) is 11.8. The minimum Gasteiger partial charge on any atom is -0.319 e. The second kappa shape index (κ2) is 5.66. The molecule has 2 aromatic heterocycles. The van der Waals surface area contributed by atoms with E-state index in [4.69, 9.17) is 0 Å². The van der Waals surface area contributed by atoms with E-state index in [9.17, 15) is 22.8 Å². The van der Waals surface area contributed by atoms with E-state index in [0.717, 1.165) is 4.68 Å². The van der Waals surface area contributed by atoms with E-state index in [1.54, 1.807) is 6.92 Å². The molecule has 0 fully saturated rings. The summed E-state index contributed by atoms with van der Waals surface area (Å²) in [5.74, 6) is -0.744. The van der Waals surface area contributed by atoms with Gasteiger partial charge < -0.3 is 9.88 Å². The number of hydrogen-bond acceptors (Lipinski definition) is 3. The lowest BCUT2D eigenvalue weighted by Gasteiger charge is -2.07. The molecule has 0 aliphatic heterocycles. The molecule has 118 valence electrons. The molecule has 0 aromatic carbocycles. The van der Waals surface area contributed by atoms with Crippen molar-refractivity contribution in [3.05, 3.63) is 46.1 Å². The maximum absolute atomic E-state index is 12.6. The standard InChI is InChI=1S/C13H13F3N4O2/c1-3-20-7-8(4-5-11(20)21)17-12(22)9-6-10(13(14,15)16)18-19(9)2/h4-7H,3H2,1-2H3,(H,17,22). The molecular formula is C13H13F3N4O2. The highest BCUT2D eigenvalue weighted by molar-refractivity contribution is 6.03.